The molecule has 3 nitrogen and oxygen atoms in total. The van der Waals surface area contributed by atoms with Crippen LogP contribution in [0.3, 0.4) is 0 Å². The molecule has 0 aromatic heterocycles. The Morgan fingerprint density at radius 3 is 3.00 bits per heavy atom. The van der Waals surface area contributed by atoms with Gasteiger partial charge in [-0.25, -0.2) is 0 Å². The van der Waals surface area contributed by atoms with Crippen LogP contribution in [0, 0.1) is 6.07 Å². The summed E-state index contributed by atoms with van der Waals surface area (Å²) in [6.45, 7) is 0. The van der Waals surface area contributed by atoms with E-state index in [1.807, 2.05) is 6.07 Å². The predicted octanol–water partition coefficient (Wildman–Crippen LogP) is 0.464. The van der Waals surface area contributed by atoms with Gasteiger partial charge in [-0.1, -0.05) is 6.07 Å². The molecule has 0 unspecified atom stereocenters. The fraction of sp³-hybridized carbons (Fsp3) is 0.125. The molecule has 1 N–H and O–H groups in total. The summed E-state index contributed by atoms with van der Waals surface area (Å²) < 4.78 is 21.1. The highest BCUT2D eigenvalue weighted by atomic mass is 32.2. The van der Waals surface area contributed by atoms with Crippen molar-refractivity contribution in [3.05, 3.63) is 29.8 Å². The first-order chi connectivity index (χ1) is 5.77. The molecule has 2 rings (SSSR count). The third-order valence-corrected chi connectivity index (χ3v) is 2.42. The van der Waals surface area contributed by atoms with E-state index in [1.54, 1.807) is 12.1 Å². The van der Waals surface area contributed by atoms with E-state index >= 15 is 0 Å². The highest BCUT2D eigenvalue weighted by molar-refractivity contribution is 7.73. The Kier molecular flexibility index (Phi) is 1.62. The maximum atomic E-state index is 10.6. The van der Waals surface area contributed by atoms with Crippen molar-refractivity contribution >= 4 is 21.0 Å². The van der Waals surface area contributed by atoms with E-state index in [-0.39, 0.29) is 0 Å². The summed E-state index contributed by atoms with van der Waals surface area (Å²) in [7, 11) is -2.13. The molecular weight excluding hydrogens is 174 g/mol. The molecule has 1 aromatic rings. The molecule has 0 fully saturated rings. The fourth-order valence-corrected chi connectivity index (χ4v) is 1.67. The highest BCUT2D eigenvalue weighted by Gasteiger charge is 2.15. The van der Waals surface area contributed by atoms with E-state index in [2.05, 4.69) is 11.4 Å². The number of benzene rings is 1. The zero-order chi connectivity index (χ0) is 8.55. The Hall–Kier alpha value is -1.29. The van der Waals surface area contributed by atoms with Crippen molar-refractivity contribution in [3.63, 3.8) is 0 Å². The number of hydrogen-bond acceptors (Lipinski definition) is 2. The molecule has 0 saturated carbocycles. The van der Waals surface area contributed by atoms with Crippen LogP contribution < -0.4 is 5.32 Å². The summed E-state index contributed by atoms with van der Waals surface area (Å²) in [5.74, 6) is 0. The minimum Gasteiger partial charge on any atom is -0.346 e. The zero-order valence-electron chi connectivity index (χ0n) is 6.16. The Morgan fingerprint density at radius 1 is 1.50 bits per heavy atom. The van der Waals surface area contributed by atoms with Crippen molar-refractivity contribution in [3.8, 4) is 0 Å². The van der Waals surface area contributed by atoms with Crippen LogP contribution in [-0.2, 0) is 16.7 Å². The molecule has 12 heavy (non-hydrogen) atoms. The van der Waals surface area contributed by atoms with Crippen LogP contribution in [0.2, 0.25) is 0 Å². The lowest BCUT2D eigenvalue weighted by atomic mass is 10.2. The number of fused-ring (bicyclic) bond motifs is 1. The first kappa shape index (κ1) is 7.36. The van der Waals surface area contributed by atoms with Crippen molar-refractivity contribution in [2.75, 3.05) is 5.32 Å². The lowest BCUT2D eigenvalue weighted by molar-refractivity contribution is 0.627. The van der Waals surface area contributed by atoms with Gasteiger partial charge < -0.3 is 5.32 Å². The summed E-state index contributed by atoms with van der Waals surface area (Å²) in [5, 5.41) is 2.82. The van der Waals surface area contributed by atoms with Crippen LogP contribution in [-0.4, -0.2) is 13.4 Å². The molecule has 0 spiro atoms. The van der Waals surface area contributed by atoms with Crippen molar-refractivity contribution in [1.82, 2.24) is 0 Å². The summed E-state index contributed by atoms with van der Waals surface area (Å²) >= 11 is 0. The van der Waals surface area contributed by atoms with Gasteiger partial charge in [-0.05, 0) is 23.8 Å². The molecule has 1 aliphatic rings. The second-order valence-electron chi connectivity index (χ2n) is 2.54. The molecule has 0 bridgehead atoms. The van der Waals surface area contributed by atoms with E-state index in [1.165, 1.54) is 0 Å². The van der Waals surface area contributed by atoms with Crippen LogP contribution in [0.5, 0.6) is 0 Å². The van der Waals surface area contributed by atoms with Gasteiger partial charge in [0.05, 0.1) is 0 Å². The first-order valence-electron chi connectivity index (χ1n) is 3.48. The lowest BCUT2D eigenvalue weighted by Gasteiger charge is -1.93. The van der Waals surface area contributed by atoms with E-state index < -0.39 is 10.3 Å². The molecule has 0 aliphatic carbocycles. The van der Waals surface area contributed by atoms with Gasteiger partial charge in [0.1, 0.15) is 4.99 Å². The summed E-state index contributed by atoms with van der Waals surface area (Å²) in [4.78, 5) is 0.338. The van der Waals surface area contributed by atoms with Gasteiger partial charge in [0.2, 0.25) is 10.3 Å². The van der Waals surface area contributed by atoms with E-state index in [0.29, 0.717) is 11.4 Å². The van der Waals surface area contributed by atoms with Crippen LogP contribution in [0.1, 0.15) is 5.56 Å². The third kappa shape index (κ3) is 1.10. The Balaban J connectivity index is 2.53. The smallest absolute Gasteiger partial charge is 0.234 e. The van der Waals surface area contributed by atoms with Crippen LogP contribution >= 0.6 is 0 Å². The molecule has 61 valence electrons. The van der Waals surface area contributed by atoms with Gasteiger partial charge in [0.15, 0.2) is 0 Å². The monoisotopic (exact) mass is 180 g/mol. The summed E-state index contributed by atoms with van der Waals surface area (Å²) in [5.41, 5.74) is 1.85. The lowest BCUT2D eigenvalue weighted by Crippen LogP contribution is -2.06. The van der Waals surface area contributed by atoms with Gasteiger partial charge >= 0.3 is 0 Å². The van der Waals surface area contributed by atoms with E-state index in [0.717, 1.165) is 11.3 Å². The minimum absolute atomic E-state index is 0.338. The van der Waals surface area contributed by atoms with Crippen molar-refractivity contribution in [2.45, 2.75) is 6.42 Å². The largest absolute Gasteiger partial charge is 0.346 e. The van der Waals surface area contributed by atoms with Gasteiger partial charge in [-0.2, -0.15) is 8.42 Å². The number of rotatable bonds is 0. The molecule has 1 aliphatic heterocycles. The fourth-order valence-electron chi connectivity index (χ4n) is 1.20. The summed E-state index contributed by atoms with van der Waals surface area (Å²) in [6, 6.07) is 8.26. The third-order valence-electron chi connectivity index (χ3n) is 1.78. The SMILES string of the molecule is O=S(=O)=C1Cc2c[c]ccc2N1. The van der Waals surface area contributed by atoms with Crippen LogP contribution in [0.15, 0.2) is 18.2 Å². The number of nitrogens with one attached hydrogen (secondary N) is 1. The molecule has 0 atom stereocenters. The second-order valence-corrected chi connectivity index (χ2v) is 3.51. The average Bonchev–Trinajstić information content (AvgIpc) is 2.46. The minimum atomic E-state index is -2.13. The van der Waals surface area contributed by atoms with Gasteiger partial charge in [0.25, 0.3) is 0 Å². The zero-order valence-corrected chi connectivity index (χ0v) is 6.98. The Morgan fingerprint density at radius 2 is 2.33 bits per heavy atom. The maximum Gasteiger partial charge on any atom is 0.234 e. The first-order valence-corrected chi connectivity index (χ1v) is 4.56. The molecule has 1 aromatic carbocycles. The molecule has 4 heteroatoms. The Bertz CT molecular complexity index is 413. The topological polar surface area (TPSA) is 46.2 Å². The normalized spacial score (nSPS) is 13.8. The van der Waals surface area contributed by atoms with Crippen molar-refractivity contribution in [2.24, 2.45) is 0 Å². The maximum absolute atomic E-state index is 10.6. The van der Waals surface area contributed by atoms with Crippen molar-refractivity contribution < 1.29 is 8.42 Å². The highest BCUT2D eigenvalue weighted by Crippen LogP contribution is 2.21. The molecule has 0 saturated heterocycles. The molecule has 1 heterocycles. The predicted molar refractivity (Wildman–Crippen MR) is 46.5 cm³/mol. The quantitative estimate of drug-likeness (QED) is 0.590. The van der Waals surface area contributed by atoms with E-state index in [4.69, 9.17) is 0 Å². The number of anilines is 1. The standard InChI is InChI=1S/C8H6NO2S/c10-12(11)8-5-6-3-1-2-4-7(6)9-8/h2-4,9H,5H2. The van der Waals surface area contributed by atoms with Gasteiger partial charge in [0, 0.05) is 12.1 Å². The molecule has 1 radical (unpaired) electrons. The number of hydrogen-bond donors (Lipinski definition) is 1. The molecular formula is C8H6NO2S. The summed E-state index contributed by atoms with van der Waals surface area (Å²) in [6.07, 6.45) is 0.461. The van der Waals surface area contributed by atoms with Crippen molar-refractivity contribution in [1.29, 1.82) is 0 Å². The second kappa shape index (κ2) is 2.64. The van der Waals surface area contributed by atoms with Gasteiger partial charge in [-0.3, -0.25) is 0 Å². The average molecular weight is 180 g/mol. The van der Waals surface area contributed by atoms with Crippen LogP contribution in [0.25, 0.3) is 0 Å². The van der Waals surface area contributed by atoms with E-state index in [9.17, 15) is 8.42 Å². The van der Waals surface area contributed by atoms with Gasteiger partial charge in [-0.15, -0.1) is 0 Å². The molecule has 0 amide bonds. The Labute approximate surface area is 71.6 Å². The van der Waals surface area contributed by atoms with Crippen LogP contribution in [0.4, 0.5) is 5.69 Å².